The standard InChI is InChI=1S/C18H31N5O.HI/c1-4-20-18(21-8-13-24-17-6-5-7-19-14-17)23-11-9-22(10-12-23)15-16(2)3;/h5-7,14,16H,4,8-13,15H2,1-3H3,(H,20,21);1H. The van der Waals surface area contributed by atoms with Crippen LogP contribution in [0.4, 0.5) is 0 Å². The number of rotatable bonds is 7. The predicted octanol–water partition coefficient (Wildman–Crippen LogP) is 2.32. The Kier molecular flexibility index (Phi) is 10.8. The zero-order valence-electron chi connectivity index (χ0n) is 15.6. The van der Waals surface area contributed by atoms with Crippen LogP contribution in [0.1, 0.15) is 20.8 Å². The molecule has 0 bridgehead atoms. The van der Waals surface area contributed by atoms with Crippen molar-refractivity contribution >= 4 is 29.9 Å². The molecule has 25 heavy (non-hydrogen) atoms. The molecular formula is C18H32IN5O. The van der Waals surface area contributed by atoms with Crippen LogP contribution in [0.5, 0.6) is 5.75 Å². The van der Waals surface area contributed by atoms with E-state index >= 15 is 0 Å². The van der Waals surface area contributed by atoms with Crippen LogP contribution in [0, 0.1) is 5.92 Å². The summed E-state index contributed by atoms with van der Waals surface area (Å²) in [6, 6.07) is 3.79. The highest BCUT2D eigenvalue weighted by atomic mass is 127. The topological polar surface area (TPSA) is 53.0 Å². The largest absolute Gasteiger partial charge is 0.490 e. The molecule has 0 unspecified atom stereocenters. The molecule has 0 aliphatic carbocycles. The lowest BCUT2D eigenvalue weighted by molar-refractivity contribution is 0.164. The SMILES string of the molecule is CCNC(=NCCOc1cccnc1)N1CCN(CC(C)C)CC1.I. The highest BCUT2D eigenvalue weighted by Crippen LogP contribution is 2.07. The van der Waals surface area contributed by atoms with Gasteiger partial charge in [-0.05, 0) is 25.0 Å². The lowest BCUT2D eigenvalue weighted by atomic mass is 10.2. The monoisotopic (exact) mass is 461 g/mol. The van der Waals surface area contributed by atoms with Gasteiger partial charge in [0.05, 0.1) is 12.7 Å². The van der Waals surface area contributed by atoms with Crippen molar-refractivity contribution in [2.24, 2.45) is 10.9 Å². The molecule has 0 atom stereocenters. The number of halogens is 1. The number of aliphatic imine (C=N–C) groups is 1. The van der Waals surface area contributed by atoms with E-state index in [1.54, 1.807) is 12.4 Å². The number of piperazine rings is 1. The smallest absolute Gasteiger partial charge is 0.194 e. The zero-order valence-corrected chi connectivity index (χ0v) is 18.0. The summed E-state index contributed by atoms with van der Waals surface area (Å²) in [5.74, 6) is 2.51. The Bertz CT molecular complexity index is 489. The zero-order chi connectivity index (χ0) is 17.2. The van der Waals surface area contributed by atoms with Gasteiger partial charge in [0.2, 0.25) is 0 Å². The predicted molar refractivity (Wildman–Crippen MR) is 114 cm³/mol. The van der Waals surface area contributed by atoms with Gasteiger partial charge in [-0.25, -0.2) is 4.99 Å². The molecule has 142 valence electrons. The first kappa shape index (κ1) is 22.0. The number of pyridine rings is 1. The second-order valence-electron chi connectivity index (χ2n) is 6.45. The van der Waals surface area contributed by atoms with Gasteiger partial charge in [-0.1, -0.05) is 13.8 Å². The fraction of sp³-hybridized carbons (Fsp3) is 0.667. The van der Waals surface area contributed by atoms with Gasteiger partial charge in [-0.3, -0.25) is 9.88 Å². The molecule has 1 fully saturated rings. The number of hydrogen-bond acceptors (Lipinski definition) is 4. The van der Waals surface area contributed by atoms with Crippen LogP contribution in [-0.2, 0) is 0 Å². The molecule has 1 N–H and O–H groups in total. The summed E-state index contributed by atoms with van der Waals surface area (Å²) in [5.41, 5.74) is 0. The maximum atomic E-state index is 5.66. The van der Waals surface area contributed by atoms with E-state index in [1.165, 1.54) is 6.54 Å². The van der Waals surface area contributed by atoms with E-state index in [1.807, 2.05) is 12.1 Å². The first-order chi connectivity index (χ1) is 11.7. The summed E-state index contributed by atoms with van der Waals surface area (Å²) in [7, 11) is 0. The Balaban J connectivity index is 0.00000312. The Hall–Kier alpha value is -1.09. The summed E-state index contributed by atoms with van der Waals surface area (Å²) in [5, 5.41) is 3.40. The maximum Gasteiger partial charge on any atom is 0.194 e. The maximum absolute atomic E-state index is 5.66. The van der Waals surface area contributed by atoms with Crippen LogP contribution < -0.4 is 10.1 Å². The van der Waals surface area contributed by atoms with Crippen LogP contribution in [0.3, 0.4) is 0 Å². The molecule has 2 heterocycles. The van der Waals surface area contributed by atoms with Crippen molar-refractivity contribution in [1.82, 2.24) is 20.1 Å². The molecule has 1 aromatic heterocycles. The Morgan fingerprint density at radius 3 is 2.68 bits per heavy atom. The average Bonchev–Trinajstić information content (AvgIpc) is 2.59. The highest BCUT2D eigenvalue weighted by Gasteiger charge is 2.19. The number of guanidine groups is 1. The normalized spacial score (nSPS) is 15.8. The molecule has 0 aromatic carbocycles. The van der Waals surface area contributed by atoms with Gasteiger partial charge < -0.3 is 15.0 Å². The van der Waals surface area contributed by atoms with Gasteiger partial charge in [-0.2, -0.15) is 0 Å². The molecule has 1 aliphatic heterocycles. The van der Waals surface area contributed by atoms with E-state index < -0.39 is 0 Å². The molecule has 7 heteroatoms. The molecular weight excluding hydrogens is 429 g/mol. The van der Waals surface area contributed by atoms with Crippen molar-refractivity contribution in [2.45, 2.75) is 20.8 Å². The molecule has 6 nitrogen and oxygen atoms in total. The molecule has 2 rings (SSSR count). The number of nitrogens with one attached hydrogen (secondary N) is 1. The number of nitrogens with zero attached hydrogens (tertiary/aromatic N) is 4. The van der Waals surface area contributed by atoms with Crippen LogP contribution in [0.2, 0.25) is 0 Å². The summed E-state index contributed by atoms with van der Waals surface area (Å²) in [4.78, 5) is 13.6. The van der Waals surface area contributed by atoms with E-state index in [9.17, 15) is 0 Å². The third-order valence-corrected chi connectivity index (χ3v) is 3.89. The van der Waals surface area contributed by atoms with Crippen LogP contribution in [0.15, 0.2) is 29.5 Å². The molecule has 1 aliphatic rings. The van der Waals surface area contributed by atoms with Crippen molar-refractivity contribution in [3.05, 3.63) is 24.5 Å². The van der Waals surface area contributed by atoms with E-state index in [-0.39, 0.29) is 24.0 Å². The molecule has 0 radical (unpaired) electrons. The first-order valence-electron chi connectivity index (χ1n) is 8.97. The fourth-order valence-electron chi connectivity index (χ4n) is 2.83. The van der Waals surface area contributed by atoms with E-state index in [0.29, 0.717) is 13.2 Å². The van der Waals surface area contributed by atoms with Crippen molar-refractivity contribution in [3.63, 3.8) is 0 Å². The lowest BCUT2D eigenvalue weighted by Crippen LogP contribution is -2.53. The van der Waals surface area contributed by atoms with Gasteiger partial charge in [0.15, 0.2) is 5.96 Å². The van der Waals surface area contributed by atoms with Crippen LogP contribution >= 0.6 is 24.0 Å². The molecule has 0 amide bonds. The number of aromatic nitrogens is 1. The van der Waals surface area contributed by atoms with E-state index in [2.05, 4.69) is 40.9 Å². The minimum Gasteiger partial charge on any atom is -0.490 e. The van der Waals surface area contributed by atoms with E-state index in [0.717, 1.165) is 50.4 Å². The van der Waals surface area contributed by atoms with Gasteiger partial charge in [-0.15, -0.1) is 24.0 Å². The number of ether oxygens (including phenoxy) is 1. The quantitative estimate of drug-likeness (QED) is 0.293. The molecule has 1 aromatic rings. The highest BCUT2D eigenvalue weighted by molar-refractivity contribution is 14.0. The molecule has 0 saturated carbocycles. The summed E-state index contributed by atoms with van der Waals surface area (Å²) in [6.45, 7) is 14.2. The molecule has 0 spiro atoms. The van der Waals surface area contributed by atoms with Crippen LogP contribution in [-0.4, -0.2) is 73.2 Å². The van der Waals surface area contributed by atoms with Gasteiger partial charge in [0.1, 0.15) is 12.4 Å². The lowest BCUT2D eigenvalue weighted by Gasteiger charge is -2.37. The average molecular weight is 461 g/mol. The fourth-order valence-corrected chi connectivity index (χ4v) is 2.83. The van der Waals surface area contributed by atoms with Crippen molar-refractivity contribution in [3.8, 4) is 5.75 Å². The second-order valence-corrected chi connectivity index (χ2v) is 6.45. The van der Waals surface area contributed by atoms with Crippen LogP contribution in [0.25, 0.3) is 0 Å². The number of hydrogen-bond donors (Lipinski definition) is 1. The third kappa shape index (κ3) is 8.22. The van der Waals surface area contributed by atoms with Gasteiger partial charge in [0, 0.05) is 45.5 Å². The van der Waals surface area contributed by atoms with E-state index in [4.69, 9.17) is 9.73 Å². The van der Waals surface area contributed by atoms with Crippen molar-refractivity contribution in [1.29, 1.82) is 0 Å². The second kappa shape index (κ2) is 12.3. The summed E-state index contributed by atoms with van der Waals surface area (Å²) in [6.07, 6.45) is 3.47. The minimum atomic E-state index is 0. The summed E-state index contributed by atoms with van der Waals surface area (Å²) >= 11 is 0. The van der Waals surface area contributed by atoms with Crippen molar-refractivity contribution < 1.29 is 4.74 Å². The van der Waals surface area contributed by atoms with Gasteiger partial charge >= 0.3 is 0 Å². The summed E-state index contributed by atoms with van der Waals surface area (Å²) < 4.78 is 5.66. The molecule has 1 saturated heterocycles. The minimum absolute atomic E-state index is 0. The third-order valence-electron chi connectivity index (χ3n) is 3.89. The Morgan fingerprint density at radius 1 is 1.32 bits per heavy atom. The Morgan fingerprint density at radius 2 is 2.08 bits per heavy atom. The first-order valence-corrected chi connectivity index (χ1v) is 8.97. The van der Waals surface area contributed by atoms with Gasteiger partial charge in [0.25, 0.3) is 0 Å². The van der Waals surface area contributed by atoms with Crippen molar-refractivity contribution in [2.75, 3.05) is 52.4 Å². The Labute approximate surface area is 169 Å².